The average molecular weight is 468 g/mol. The van der Waals surface area contributed by atoms with Gasteiger partial charge in [0.25, 0.3) is 0 Å². The summed E-state index contributed by atoms with van der Waals surface area (Å²) in [4.78, 5) is 39.5. The molecule has 9 nitrogen and oxygen atoms in total. The van der Waals surface area contributed by atoms with Crippen LogP contribution in [0.1, 0.15) is 59.7 Å². The number of piperazine rings is 1. The van der Waals surface area contributed by atoms with Gasteiger partial charge in [0.1, 0.15) is 17.0 Å². The Morgan fingerprint density at radius 2 is 1.53 bits per heavy atom. The first-order valence-electron chi connectivity index (χ1n) is 11.0. The molecule has 2 amide bonds. The lowest BCUT2D eigenvalue weighted by atomic mass is 10.0. The molecule has 0 aliphatic carbocycles. The third-order valence-electron chi connectivity index (χ3n) is 5.22. The highest BCUT2D eigenvalue weighted by Gasteiger charge is 2.34. The fourth-order valence-corrected chi connectivity index (χ4v) is 4.05. The summed E-state index contributed by atoms with van der Waals surface area (Å²) in [6.45, 7) is 15.7. The van der Waals surface area contributed by atoms with E-state index in [0.29, 0.717) is 39.1 Å². The fourth-order valence-electron chi connectivity index (χ4n) is 3.87. The second-order valence-corrected chi connectivity index (χ2v) is 10.7. The summed E-state index contributed by atoms with van der Waals surface area (Å²) < 4.78 is 11.0. The third-order valence-corrected chi connectivity index (χ3v) is 5.39. The minimum atomic E-state index is -0.560. The number of hydrogen-bond acceptors (Lipinski definition) is 7. The maximum Gasteiger partial charge on any atom is 0.410 e. The first-order valence-corrected chi connectivity index (χ1v) is 11.4. The second-order valence-electron chi connectivity index (χ2n) is 10.4. The van der Waals surface area contributed by atoms with Crippen molar-refractivity contribution in [3.63, 3.8) is 0 Å². The largest absolute Gasteiger partial charge is 0.444 e. The van der Waals surface area contributed by atoms with Crippen LogP contribution in [-0.4, -0.2) is 75.4 Å². The molecule has 2 aliphatic heterocycles. The van der Waals surface area contributed by atoms with Gasteiger partial charge in [-0.1, -0.05) is 0 Å². The van der Waals surface area contributed by atoms with Crippen molar-refractivity contribution in [1.82, 2.24) is 19.8 Å². The summed E-state index contributed by atoms with van der Waals surface area (Å²) in [5.41, 5.74) is 0.636. The molecule has 0 radical (unpaired) electrons. The molecule has 1 aromatic heterocycles. The molecular formula is C22H34ClN5O4. The zero-order chi connectivity index (χ0) is 23.8. The Morgan fingerprint density at radius 3 is 2.09 bits per heavy atom. The summed E-state index contributed by atoms with van der Waals surface area (Å²) in [5, 5.41) is 0.145. The molecule has 178 valence electrons. The predicted molar refractivity (Wildman–Crippen MR) is 122 cm³/mol. The lowest BCUT2D eigenvalue weighted by Crippen LogP contribution is -2.55. The maximum atomic E-state index is 12.5. The van der Waals surface area contributed by atoms with Crippen molar-refractivity contribution < 1.29 is 19.1 Å². The molecule has 0 spiro atoms. The predicted octanol–water partition coefficient (Wildman–Crippen LogP) is 3.87. The average Bonchev–Trinajstić information content (AvgIpc) is 2.64. The second kappa shape index (κ2) is 8.92. The molecule has 1 saturated heterocycles. The summed E-state index contributed by atoms with van der Waals surface area (Å²) in [6.07, 6.45) is -0.0568. The molecule has 0 saturated carbocycles. The first-order chi connectivity index (χ1) is 14.7. The number of carbonyl (C=O) groups excluding carboxylic acids is 2. The molecule has 0 aromatic carbocycles. The molecular weight excluding hydrogens is 434 g/mol. The highest BCUT2D eigenvalue weighted by atomic mass is 35.5. The molecule has 10 heteroatoms. The Kier molecular flexibility index (Phi) is 6.79. The Labute approximate surface area is 195 Å². The van der Waals surface area contributed by atoms with E-state index in [-0.39, 0.29) is 23.5 Å². The van der Waals surface area contributed by atoms with Crippen LogP contribution in [0.3, 0.4) is 0 Å². The van der Waals surface area contributed by atoms with Crippen LogP contribution in [0.5, 0.6) is 0 Å². The maximum absolute atomic E-state index is 12.5. The van der Waals surface area contributed by atoms with Gasteiger partial charge in [0.05, 0.1) is 12.2 Å². The third kappa shape index (κ3) is 5.94. The molecule has 0 bridgehead atoms. The number of rotatable bonds is 1. The zero-order valence-corrected chi connectivity index (χ0v) is 20.8. The normalized spacial score (nSPS) is 19.5. The van der Waals surface area contributed by atoms with Crippen LogP contribution in [0.2, 0.25) is 5.28 Å². The molecule has 1 atom stereocenters. The molecule has 3 rings (SSSR count). The molecule has 0 N–H and O–H groups in total. The minimum absolute atomic E-state index is 0.0234. The van der Waals surface area contributed by atoms with E-state index in [1.165, 1.54) is 0 Å². The number of hydrogen-bond donors (Lipinski definition) is 0. The topological polar surface area (TPSA) is 88.1 Å². The molecule has 32 heavy (non-hydrogen) atoms. The van der Waals surface area contributed by atoms with Crippen molar-refractivity contribution in [3.05, 3.63) is 16.5 Å². The van der Waals surface area contributed by atoms with E-state index in [0.717, 1.165) is 17.1 Å². The number of fused-ring (bicyclic) bond motifs is 1. The minimum Gasteiger partial charge on any atom is -0.444 e. The van der Waals surface area contributed by atoms with Crippen molar-refractivity contribution in [3.8, 4) is 0 Å². The van der Waals surface area contributed by atoms with Crippen LogP contribution < -0.4 is 4.90 Å². The van der Waals surface area contributed by atoms with Crippen LogP contribution in [-0.2, 0) is 22.4 Å². The SMILES string of the molecule is C[C@H]1CN(C(=O)OC(C)(C)C)CCN1c1nc(Cl)nc2c1CCN(C(=O)OC(C)(C)C)C2. The standard InChI is InChI=1S/C22H34ClN5O4/c1-14-12-27(20(30)32-22(5,6)7)10-11-28(14)17-15-8-9-26(19(29)31-21(2,3)4)13-16(15)24-18(23)25-17/h14H,8-13H2,1-7H3/t14-/m0/s1. The van der Waals surface area contributed by atoms with Gasteiger partial charge in [-0.05, 0) is 66.5 Å². The van der Waals surface area contributed by atoms with Gasteiger partial charge in [0.2, 0.25) is 5.28 Å². The van der Waals surface area contributed by atoms with Crippen molar-refractivity contribution in [2.75, 3.05) is 31.1 Å². The van der Waals surface area contributed by atoms with E-state index >= 15 is 0 Å². The van der Waals surface area contributed by atoms with Crippen LogP contribution in [0.4, 0.5) is 15.4 Å². The summed E-state index contributed by atoms with van der Waals surface area (Å²) in [5.74, 6) is 0.778. The number of carbonyl (C=O) groups is 2. The number of nitrogens with zero attached hydrogens (tertiary/aromatic N) is 5. The highest BCUT2D eigenvalue weighted by molar-refractivity contribution is 6.28. The lowest BCUT2D eigenvalue weighted by molar-refractivity contribution is 0.0214. The summed E-state index contributed by atoms with van der Waals surface area (Å²) in [7, 11) is 0. The Balaban J connectivity index is 1.75. The van der Waals surface area contributed by atoms with Gasteiger partial charge in [-0.2, -0.15) is 0 Å². The van der Waals surface area contributed by atoms with E-state index < -0.39 is 11.2 Å². The van der Waals surface area contributed by atoms with Gasteiger partial charge in [-0.15, -0.1) is 0 Å². The quantitative estimate of drug-likeness (QED) is 0.579. The first kappa shape index (κ1) is 24.4. The smallest absolute Gasteiger partial charge is 0.410 e. The van der Waals surface area contributed by atoms with Crippen molar-refractivity contribution in [2.24, 2.45) is 0 Å². The number of anilines is 1. The van der Waals surface area contributed by atoms with E-state index in [2.05, 4.69) is 21.8 Å². The van der Waals surface area contributed by atoms with Crippen molar-refractivity contribution >= 4 is 29.6 Å². The Bertz CT molecular complexity index is 880. The summed E-state index contributed by atoms with van der Waals surface area (Å²) in [6, 6.07) is 0.0234. The molecule has 0 unspecified atom stereocenters. The van der Waals surface area contributed by atoms with Crippen LogP contribution >= 0.6 is 11.6 Å². The van der Waals surface area contributed by atoms with Crippen LogP contribution in [0, 0.1) is 0 Å². The van der Waals surface area contributed by atoms with Gasteiger partial charge < -0.3 is 24.2 Å². The Hall–Kier alpha value is -2.29. The van der Waals surface area contributed by atoms with E-state index in [9.17, 15) is 9.59 Å². The monoisotopic (exact) mass is 467 g/mol. The van der Waals surface area contributed by atoms with Gasteiger partial charge in [-0.25, -0.2) is 19.6 Å². The molecule has 1 fully saturated rings. The number of ether oxygens (including phenoxy) is 2. The molecule has 1 aromatic rings. The van der Waals surface area contributed by atoms with E-state index in [1.54, 1.807) is 9.80 Å². The fraction of sp³-hybridized carbons (Fsp3) is 0.727. The van der Waals surface area contributed by atoms with Crippen LogP contribution in [0.25, 0.3) is 0 Å². The van der Waals surface area contributed by atoms with Crippen LogP contribution in [0.15, 0.2) is 0 Å². The van der Waals surface area contributed by atoms with Gasteiger partial charge in [0.15, 0.2) is 0 Å². The molecule has 3 heterocycles. The molecule has 2 aliphatic rings. The Morgan fingerprint density at radius 1 is 0.938 bits per heavy atom. The number of halogens is 1. The van der Waals surface area contributed by atoms with E-state index in [1.807, 2.05) is 41.5 Å². The number of aromatic nitrogens is 2. The van der Waals surface area contributed by atoms with Gasteiger partial charge >= 0.3 is 12.2 Å². The lowest BCUT2D eigenvalue weighted by Gasteiger charge is -2.42. The van der Waals surface area contributed by atoms with Crippen molar-refractivity contribution in [1.29, 1.82) is 0 Å². The van der Waals surface area contributed by atoms with Gasteiger partial charge in [-0.3, -0.25) is 0 Å². The zero-order valence-electron chi connectivity index (χ0n) is 20.1. The number of amides is 2. The summed E-state index contributed by atoms with van der Waals surface area (Å²) >= 11 is 6.27. The van der Waals surface area contributed by atoms with Crippen molar-refractivity contribution in [2.45, 2.75) is 78.7 Å². The van der Waals surface area contributed by atoms with E-state index in [4.69, 9.17) is 21.1 Å². The highest BCUT2D eigenvalue weighted by Crippen LogP contribution is 2.31. The van der Waals surface area contributed by atoms with Gasteiger partial charge in [0, 0.05) is 37.8 Å².